The van der Waals surface area contributed by atoms with Crippen LogP contribution in [0.2, 0.25) is 0 Å². The van der Waals surface area contributed by atoms with Gasteiger partial charge in [0.1, 0.15) is 18.1 Å². The second-order valence-electron chi connectivity index (χ2n) is 5.75. The van der Waals surface area contributed by atoms with Gasteiger partial charge in [-0.3, -0.25) is 14.7 Å². The van der Waals surface area contributed by atoms with Gasteiger partial charge in [-0.2, -0.15) is 5.10 Å². The molecule has 0 atom stereocenters. The van der Waals surface area contributed by atoms with Crippen LogP contribution in [0, 0.1) is 0 Å². The molecule has 3 rings (SSSR count). The normalized spacial score (nSPS) is 14.1. The fourth-order valence-corrected chi connectivity index (χ4v) is 2.33. The van der Waals surface area contributed by atoms with Gasteiger partial charge in [0.15, 0.2) is 5.78 Å². The Balaban J connectivity index is 1.57. The van der Waals surface area contributed by atoms with E-state index in [0.717, 1.165) is 12.8 Å². The standard InChI is InChI=1S/C17H19N3O3/c1-11(21)12-4-2-7-15(8-12)23-10-14-9-16(20-19-14)17(22)18-13-5-3-6-13/h2,4,7-9,13H,3,5-6,10H2,1H3,(H,18,22)(H,19,20). The first-order valence-electron chi connectivity index (χ1n) is 7.71. The number of ketones is 1. The molecule has 1 amide bonds. The van der Waals surface area contributed by atoms with E-state index in [4.69, 9.17) is 4.74 Å². The van der Waals surface area contributed by atoms with E-state index in [-0.39, 0.29) is 24.3 Å². The Bertz CT molecular complexity index is 719. The molecular formula is C17H19N3O3. The van der Waals surface area contributed by atoms with Gasteiger partial charge < -0.3 is 10.1 Å². The number of aromatic nitrogens is 2. The van der Waals surface area contributed by atoms with Gasteiger partial charge in [-0.1, -0.05) is 12.1 Å². The molecule has 0 bridgehead atoms. The van der Waals surface area contributed by atoms with E-state index in [1.165, 1.54) is 13.3 Å². The highest BCUT2D eigenvalue weighted by Gasteiger charge is 2.21. The fraction of sp³-hybridized carbons (Fsp3) is 0.353. The van der Waals surface area contributed by atoms with Crippen LogP contribution in [-0.4, -0.2) is 27.9 Å². The topological polar surface area (TPSA) is 84.1 Å². The number of nitrogens with one attached hydrogen (secondary N) is 2. The number of carbonyl (C=O) groups is 2. The van der Waals surface area contributed by atoms with E-state index < -0.39 is 0 Å². The number of aromatic amines is 1. The lowest BCUT2D eigenvalue weighted by Crippen LogP contribution is -2.39. The molecule has 1 aliphatic rings. The summed E-state index contributed by atoms with van der Waals surface area (Å²) in [5.41, 5.74) is 1.68. The number of hydrogen-bond acceptors (Lipinski definition) is 4. The fourth-order valence-electron chi connectivity index (χ4n) is 2.33. The molecule has 6 heteroatoms. The second kappa shape index (κ2) is 6.64. The van der Waals surface area contributed by atoms with Gasteiger partial charge in [-0.25, -0.2) is 0 Å². The summed E-state index contributed by atoms with van der Waals surface area (Å²) in [6.45, 7) is 1.77. The number of rotatable bonds is 6. The van der Waals surface area contributed by atoms with Crippen LogP contribution in [-0.2, 0) is 6.61 Å². The van der Waals surface area contributed by atoms with Gasteiger partial charge in [0.25, 0.3) is 5.91 Å². The van der Waals surface area contributed by atoms with Crippen LogP contribution in [0.15, 0.2) is 30.3 Å². The monoisotopic (exact) mass is 313 g/mol. The average molecular weight is 313 g/mol. The Hall–Kier alpha value is -2.63. The Morgan fingerprint density at radius 1 is 1.35 bits per heavy atom. The Kier molecular flexibility index (Phi) is 4.41. The number of benzene rings is 1. The highest BCUT2D eigenvalue weighted by Crippen LogP contribution is 2.19. The molecular weight excluding hydrogens is 294 g/mol. The molecule has 1 aromatic carbocycles. The van der Waals surface area contributed by atoms with Gasteiger partial charge in [-0.15, -0.1) is 0 Å². The summed E-state index contributed by atoms with van der Waals surface area (Å²) >= 11 is 0. The first kappa shape index (κ1) is 15.3. The first-order valence-corrected chi connectivity index (χ1v) is 7.71. The molecule has 1 heterocycles. The summed E-state index contributed by atoms with van der Waals surface area (Å²) in [6.07, 6.45) is 3.25. The maximum absolute atomic E-state index is 12.0. The molecule has 1 fully saturated rings. The molecule has 0 saturated heterocycles. The van der Waals surface area contributed by atoms with E-state index in [1.807, 2.05) is 0 Å². The number of H-pyrrole nitrogens is 1. The van der Waals surface area contributed by atoms with Crippen LogP contribution >= 0.6 is 0 Å². The highest BCUT2D eigenvalue weighted by atomic mass is 16.5. The smallest absolute Gasteiger partial charge is 0.271 e. The molecule has 2 N–H and O–H groups in total. The Labute approximate surface area is 134 Å². The molecule has 2 aromatic rings. The summed E-state index contributed by atoms with van der Waals surface area (Å²) in [4.78, 5) is 23.3. The third kappa shape index (κ3) is 3.77. The summed E-state index contributed by atoms with van der Waals surface area (Å²) < 4.78 is 5.63. The summed E-state index contributed by atoms with van der Waals surface area (Å²) in [5.74, 6) is 0.440. The van der Waals surface area contributed by atoms with Crippen molar-refractivity contribution in [3.05, 3.63) is 47.3 Å². The first-order chi connectivity index (χ1) is 11.1. The Morgan fingerprint density at radius 3 is 2.87 bits per heavy atom. The van der Waals surface area contributed by atoms with Crippen LogP contribution in [0.4, 0.5) is 0 Å². The van der Waals surface area contributed by atoms with Crippen molar-refractivity contribution in [2.45, 2.75) is 38.8 Å². The second-order valence-corrected chi connectivity index (χ2v) is 5.75. The number of hydrogen-bond donors (Lipinski definition) is 2. The van der Waals surface area contributed by atoms with Crippen molar-refractivity contribution in [2.75, 3.05) is 0 Å². The lowest BCUT2D eigenvalue weighted by molar-refractivity contribution is 0.0911. The van der Waals surface area contributed by atoms with Gasteiger partial charge in [0.2, 0.25) is 0 Å². The van der Waals surface area contributed by atoms with Gasteiger partial charge in [0.05, 0.1) is 5.69 Å². The van der Waals surface area contributed by atoms with E-state index in [2.05, 4.69) is 15.5 Å². The van der Waals surface area contributed by atoms with Gasteiger partial charge in [-0.05, 0) is 44.4 Å². The quantitative estimate of drug-likeness (QED) is 0.802. The summed E-state index contributed by atoms with van der Waals surface area (Å²) in [7, 11) is 0. The molecule has 1 aliphatic carbocycles. The largest absolute Gasteiger partial charge is 0.487 e. The van der Waals surface area contributed by atoms with Crippen LogP contribution in [0.3, 0.4) is 0 Å². The van der Waals surface area contributed by atoms with E-state index >= 15 is 0 Å². The van der Waals surface area contributed by atoms with E-state index in [0.29, 0.717) is 22.7 Å². The Morgan fingerprint density at radius 2 is 2.17 bits per heavy atom. The van der Waals surface area contributed by atoms with Gasteiger partial charge in [0, 0.05) is 11.6 Å². The minimum Gasteiger partial charge on any atom is -0.487 e. The lowest BCUT2D eigenvalue weighted by atomic mass is 9.93. The minimum absolute atomic E-state index is 0.00746. The molecule has 6 nitrogen and oxygen atoms in total. The molecule has 0 radical (unpaired) electrons. The molecule has 1 saturated carbocycles. The zero-order valence-corrected chi connectivity index (χ0v) is 13.0. The van der Waals surface area contributed by atoms with Crippen LogP contribution < -0.4 is 10.1 Å². The van der Waals surface area contributed by atoms with Crippen molar-refractivity contribution in [2.24, 2.45) is 0 Å². The number of Topliss-reactive ketones (excluding diaryl/α,β-unsaturated/α-hetero) is 1. The molecule has 0 aliphatic heterocycles. The van der Waals surface area contributed by atoms with Crippen molar-refractivity contribution >= 4 is 11.7 Å². The minimum atomic E-state index is -0.157. The number of ether oxygens (including phenoxy) is 1. The van der Waals surface area contributed by atoms with Crippen molar-refractivity contribution in [1.29, 1.82) is 0 Å². The molecule has 0 spiro atoms. The van der Waals surface area contributed by atoms with Crippen LogP contribution in [0.25, 0.3) is 0 Å². The maximum atomic E-state index is 12.0. The predicted octanol–water partition coefficient (Wildman–Crippen LogP) is 2.47. The van der Waals surface area contributed by atoms with Crippen molar-refractivity contribution in [3.8, 4) is 5.75 Å². The maximum Gasteiger partial charge on any atom is 0.271 e. The number of nitrogens with zero attached hydrogens (tertiary/aromatic N) is 1. The third-order valence-corrected chi connectivity index (χ3v) is 3.94. The van der Waals surface area contributed by atoms with E-state index in [9.17, 15) is 9.59 Å². The molecule has 1 aromatic heterocycles. The average Bonchev–Trinajstić information content (AvgIpc) is 2.98. The zero-order chi connectivity index (χ0) is 16.2. The van der Waals surface area contributed by atoms with E-state index in [1.54, 1.807) is 30.3 Å². The predicted molar refractivity (Wildman–Crippen MR) is 84.5 cm³/mol. The van der Waals surface area contributed by atoms with Gasteiger partial charge >= 0.3 is 0 Å². The summed E-state index contributed by atoms with van der Waals surface area (Å²) in [5, 5.41) is 9.76. The van der Waals surface area contributed by atoms with Crippen LogP contribution in [0.5, 0.6) is 5.75 Å². The van der Waals surface area contributed by atoms with Crippen molar-refractivity contribution < 1.29 is 14.3 Å². The highest BCUT2D eigenvalue weighted by molar-refractivity contribution is 5.94. The van der Waals surface area contributed by atoms with Crippen molar-refractivity contribution in [3.63, 3.8) is 0 Å². The third-order valence-electron chi connectivity index (χ3n) is 3.94. The molecule has 120 valence electrons. The molecule has 0 unspecified atom stereocenters. The van der Waals surface area contributed by atoms with Crippen LogP contribution in [0.1, 0.15) is 52.7 Å². The lowest BCUT2D eigenvalue weighted by Gasteiger charge is -2.25. The molecule has 23 heavy (non-hydrogen) atoms. The number of amides is 1. The number of carbonyl (C=O) groups excluding carboxylic acids is 2. The van der Waals surface area contributed by atoms with Crippen molar-refractivity contribution in [1.82, 2.24) is 15.5 Å². The SMILES string of the molecule is CC(=O)c1cccc(OCc2cc(C(=O)NC3CCC3)n[nH]2)c1. The summed E-state index contributed by atoms with van der Waals surface area (Å²) in [6, 6.07) is 8.97. The zero-order valence-electron chi connectivity index (χ0n) is 13.0.